The van der Waals surface area contributed by atoms with Gasteiger partial charge in [0.1, 0.15) is 0 Å². The van der Waals surface area contributed by atoms with Crippen molar-refractivity contribution in [3.63, 3.8) is 0 Å². The summed E-state index contributed by atoms with van der Waals surface area (Å²) in [5.74, 6) is -0.264. The Morgan fingerprint density at radius 2 is 2.62 bits per heavy atom. The lowest BCUT2D eigenvalue weighted by molar-refractivity contribution is -0.135. The second kappa shape index (κ2) is 1.73. The maximum atomic E-state index is 10.4. The van der Waals surface area contributed by atoms with Crippen LogP contribution in [0.5, 0.6) is 0 Å². The molecule has 0 aliphatic carbocycles. The highest BCUT2D eigenvalue weighted by atomic mass is 16.2. The van der Waals surface area contributed by atoms with Crippen LogP contribution in [0.1, 0.15) is 6.42 Å². The Morgan fingerprint density at radius 3 is 2.88 bits per heavy atom. The zero-order chi connectivity index (χ0) is 5.98. The molecule has 4 heteroatoms. The van der Waals surface area contributed by atoms with Gasteiger partial charge in [0.2, 0.25) is 6.41 Å². The van der Waals surface area contributed by atoms with E-state index >= 15 is 0 Å². The van der Waals surface area contributed by atoms with Gasteiger partial charge in [-0.05, 0) is 0 Å². The van der Waals surface area contributed by atoms with Crippen molar-refractivity contribution in [2.75, 3.05) is 0 Å². The number of carbonyl (C=O) groups is 2. The van der Waals surface area contributed by atoms with Gasteiger partial charge in [-0.3, -0.25) is 9.59 Å². The van der Waals surface area contributed by atoms with E-state index in [4.69, 9.17) is 0 Å². The third-order valence-corrected chi connectivity index (χ3v) is 0.827. The van der Waals surface area contributed by atoms with Crippen LogP contribution in [-0.2, 0) is 9.59 Å². The summed E-state index contributed by atoms with van der Waals surface area (Å²) < 4.78 is 0. The van der Waals surface area contributed by atoms with Gasteiger partial charge in [-0.2, -0.15) is 10.1 Å². The Morgan fingerprint density at radius 1 is 1.88 bits per heavy atom. The van der Waals surface area contributed by atoms with Crippen LogP contribution in [0, 0.1) is 0 Å². The van der Waals surface area contributed by atoms with Gasteiger partial charge in [0.25, 0.3) is 5.91 Å². The third-order valence-electron chi connectivity index (χ3n) is 0.827. The molecule has 0 fully saturated rings. The van der Waals surface area contributed by atoms with Crippen LogP contribution in [0.3, 0.4) is 0 Å². The maximum absolute atomic E-state index is 10.4. The molecule has 2 amide bonds. The van der Waals surface area contributed by atoms with E-state index in [1.165, 1.54) is 6.21 Å². The number of hydrogen-bond donors (Lipinski definition) is 0. The SMILES string of the molecule is O=CN1N=CCC1=O. The molecular weight excluding hydrogens is 108 g/mol. The lowest BCUT2D eigenvalue weighted by Crippen LogP contribution is -2.17. The van der Waals surface area contributed by atoms with Crippen molar-refractivity contribution in [2.45, 2.75) is 6.42 Å². The van der Waals surface area contributed by atoms with Gasteiger partial charge in [-0.15, -0.1) is 0 Å². The molecule has 0 bridgehead atoms. The largest absolute Gasteiger partial charge is 0.276 e. The van der Waals surface area contributed by atoms with Gasteiger partial charge in [0.05, 0.1) is 6.42 Å². The fourth-order valence-electron chi connectivity index (χ4n) is 0.451. The summed E-state index contributed by atoms with van der Waals surface area (Å²) in [6, 6.07) is 0. The van der Waals surface area contributed by atoms with Crippen molar-refractivity contribution < 1.29 is 9.59 Å². The monoisotopic (exact) mass is 112 g/mol. The second-order valence-corrected chi connectivity index (χ2v) is 1.35. The molecule has 0 aromatic rings. The number of imide groups is 1. The Kier molecular flexibility index (Phi) is 1.07. The van der Waals surface area contributed by atoms with Crippen molar-refractivity contribution in [3.05, 3.63) is 0 Å². The van der Waals surface area contributed by atoms with Crippen molar-refractivity contribution in [1.29, 1.82) is 0 Å². The topological polar surface area (TPSA) is 49.7 Å². The number of hydrazone groups is 1. The molecule has 0 unspecified atom stereocenters. The van der Waals surface area contributed by atoms with Crippen LogP contribution in [0.2, 0.25) is 0 Å². The molecule has 1 rings (SSSR count). The van der Waals surface area contributed by atoms with Gasteiger partial charge in [0, 0.05) is 6.21 Å². The first-order chi connectivity index (χ1) is 3.84. The van der Waals surface area contributed by atoms with Crippen molar-refractivity contribution in [2.24, 2.45) is 5.10 Å². The van der Waals surface area contributed by atoms with Gasteiger partial charge < -0.3 is 0 Å². The standard InChI is InChI=1S/C4H4N2O2/c7-3-6-4(8)1-2-5-6/h2-3H,1H2. The van der Waals surface area contributed by atoms with E-state index in [9.17, 15) is 9.59 Å². The maximum Gasteiger partial charge on any atom is 0.255 e. The summed E-state index contributed by atoms with van der Waals surface area (Å²) in [5.41, 5.74) is 0. The van der Waals surface area contributed by atoms with E-state index in [1.807, 2.05) is 0 Å². The average molecular weight is 112 g/mol. The summed E-state index contributed by atoms with van der Waals surface area (Å²) >= 11 is 0. The molecule has 1 aliphatic rings. The van der Waals surface area contributed by atoms with Crippen LogP contribution >= 0.6 is 0 Å². The smallest absolute Gasteiger partial charge is 0.255 e. The van der Waals surface area contributed by atoms with Crippen LogP contribution < -0.4 is 0 Å². The van der Waals surface area contributed by atoms with Crippen molar-refractivity contribution >= 4 is 18.5 Å². The fraction of sp³-hybridized carbons (Fsp3) is 0.250. The molecule has 0 saturated carbocycles. The number of rotatable bonds is 1. The first kappa shape index (κ1) is 4.96. The second-order valence-electron chi connectivity index (χ2n) is 1.35. The Bertz CT molecular complexity index is 152. The minimum Gasteiger partial charge on any atom is -0.276 e. The van der Waals surface area contributed by atoms with Crippen molar-refractivity contribution in [1.82, 2.24) is 5.01 Å². The minimum absolute atomic E-state index is 0.249. The molecular formula is C4H4N2O2. The summed E-state index contributed by atoms with van der Waals surface area (Å²) in [5, 5.41) is 4.20. The highest BCUT2D eigenvalue weighted by Gasteiger charge is 2.13. The zero-order valence-corrected chi connectivity index (χ0v) is 4.07. The first-order valence-corrected chi connectivity index (χ1v) is 2.14. The zero-order valence-electron chi connectivity index (χ0n) is 4.07. The Labute approximate surface area is 45.8 Å². The number of amides is 2. The van der Waals surface area contributed by atoms with Gasteiger partial charge in [-0.1, -0.05) is 0 Å². The van der Waals surface area contributed by atoms with E-state index in [1.54, 1.807) is 0 Å². The molecule has 0 spiro atoms. The summed E-state index contributed by atoms with van der Waals surface area (Å²) in [7, 11) is 0. The molecule has 0 aromatic heterocycles. The molecule has 0 saturated heterocycles. The molecule has 1 heterocycles. The average Bonchev–Trinajstić information content (AvgIpc) is 2.14. The lowest BCUT2D eigenvalue weighted by Gasteiger charge is -1.96. The molecule has 1 aliphatic heterocycles. The van der Waals surface area contributed by atoms with Crippen LogP contribution in [0.4, 0.5) is 0 Å². The van der Waals surface area contributed by atoms with Crippen LogP contribution in [-0.4, -0.2) is 23.5 Å². The number of carbonyl (C=O) groups excluding carboxylic acids is 2. The van der Waals surface area contributed by atoms with E-state index in [2.05, 4.69) is 5.10 Å². The molecule has 8 heavy (non-hydrogen) atoms. The molecule has 0 radical (unpaired) electrons. The van der Waals surface area contributed by atoms with E-state index < -0.39 is 0 Å². The Balaban J connectivity index is 2.66. The predicted octanol–water partition coefficient (Wildman–Crippen LogP) is -0.639. The minimum atomic E-state index is -0.264. The molecule has 0 atom stereocenters. The van der Waals surface area contributed by atoms with Gasteiger partial charge in [-0.25, -0.2) is 0 Å². The quantitative estimate of drug-likeness (QED) is 0.423. The van der Waals surface area contributed by atoms with Crippen molar-refractivity contribution in [3.8, 4) is 0 Å². The fourth-order valence-corrected chi connectivity index (χ4v) is 0.451. The predicted molar refractivity (Wildman–Crippen MR) is 26.0 cm³/mol. The van der Waals surface area contributed by atoms with Gasteiger partial charge in [0.15, 0.2) is 0 Å². The first-order valence-electron chi connectivity index (χ1n) is 2.14. The number of hydrogen-bond acceptors (Lipinski definition) is 3. The third kappa shape index (κ3) is 0.598. The highest BCUT2D eigenvalue weighted by Crippen LogP contribution is 1.96. The summed E-state index contributed by atoms with van der Waals surface area (Å²) in [4.78, 5) is 20.2. The molecule has 4 nitrogen and oxygen atoms in total. The summed E-state index contributed by atoms with van der Waals surface area (Å²) in [6.45, 7) is 0. The Hall–Kier alpha value is -1.19. The van der Waals surface area contributed by atoms with E-state index in [0.29, 0.717) is 6.41 Å². The number of nitrogens with zero attached hydrogens (tertiary/aromatic N) is 2. The normalized spacial score (nSPS) is 17.5. The van der Waals surface area contributed by atoms with Crippen LogP contribution in [0.25, 0.3) is 0 Å². The molecule has 0 aromatic carbocycles. The molecule has 42 valence electrons. The van der Waals surface area contributed by atoms with Gasteiger partial charge >= 0.3 is 0 Å². The van der Waals surface area contributed by atoms with E-state index in [0.717, 1.165) is 5.01 Å². The van der Waals surface area contributed by atoms with E-state index in [-0.39, 0.29) is 12.3 Å². The summed E-state index contributed by atoms with van der Waals surface area (Å²) in [6.07, 6.45) is 2.04. The lowest BCUT2D eigenvalue weighted by atomic mass is 10.5. The molecule has 0 N–H and O–H groups in total. The highest BCUT2D eigenvalue weighted by molar-refractivity contribution is 5.99. The van der Waals surface area contributed by atoms with Crippen LogP contribution in [0.15, 0.2) is 5.10 Å².